The number of benzene rings is 1. The molecule has 23 heavy (non-hydrogen) atoms. The van der Waals surface area contributed by atoms with Crippen LogP contribution in [0.1, 0.15) is 45.1 Å². The van der Waals surface area contributed by atoms with E-state index < -0.39 is 0 Å². The Kier molecular flexibility index (Phi) is 5.57. The van der Waals surface area contributed by atoms with Gasteiger partial charge in [0.1, 0.15) is 5.75 Å². The smallest absolute Gasteiger partial charge is 0.124 e. The molecular weight excluding hydrogens is 288 g/mol. The largest absolute Gasteiger partial charge is 0.491 e. The molecule has 1 aliphatic heterocycles. The van der Waals surface area contributed by atoms with Crippen molar-refractivity contribution < 1.29 is 9.84 Å². The van der Waals surface area contributed by atoms with Gasteiger partial charge in [-0.1, -0.05) is 24.6 Å². The van der Waals surface area contributed by atoms with Crippen molar-refractivity contribution in [1.29, 1.82) is 0 Å². The van der Waals surface area contributed by atoms with Crippen LogP contribution in [0.25, 0.3) is 0 Å². The van der Waals surface area contributed by atoms with Crippen LogP contribution >= 0.6 is 0 Å². The number of hydrogen-bond acceptors (Lipinski definition) is 4. The monoisotopic (exact) mass is 318 g/mol. The maximum absolute atomic E-state index is 9.80. The summed E-state index contributed by atoms with van der Waals surface area (Å²) in [6.45, 7) is 6.86. The topological polar surface area (TPSA) is 44.7 Å². The predicted molar refractivity (Wildman–Crippen MR) is 92.7 cm³/mol. The number of β-amino-alcohol motifs (C(OH)–C–C–N with tert-alkyl or cyclic N) is 1. The summed E-state index contributed by atoms with van der Waals surface area (Å²) in [5.41, 5.74) is 1.23. The van der Waals surface area contributed by atoms with Crippen molar-refractivity contribution in [2.75, 3.05) is 13.1 Å². The predicted octanol–water partition coefficient (Wildman–Crippen LogP) is 2.55. The highest BCUT2D eigenvalue weighted by Gasteiger charge is 2.35. The summed E-state index contributed by atoms with van der Waals surface area (Å²) in [6, 6.07) is 9.41. The molecule has 4 nitrogen and oxygen atoms in total. The lowest BCUT2D eigenvalue weighted by atomic mass is 10.1. The number of nitrogens with zero attached hydrogens (tertiary/aromatic N) is 1. The Bertz CT molecular complexity index is 506. The molecule has 4 heteroatoms. The molecule has 0 aromatic heterocycles. The van der Waals surface area contributed by atoms with Gasteiger partial charge in [0, 0.05) is 37.3 Å². The molecule has 1 aliphatic carbocycles. The minimum atomic E-state index is -0.128. The quantitative estimate of drug-likeness (QED) is 0.846. The zero-order valence-corrected chi connectivity index (χ0v) is 14.4. The van der Waals surface area contributed by atoms with E-state index in [1.807, 2.05) is 6.07 Å². The molecule has 1 aromatic carbocycles. The Balaban J connectivity index is 1.59. The molecule has 1 aromatic rings. The lowest BCUT2D eigenvalue weighted by Crippen LogP contribution is -2.46. The molecule has 3 rings (SSSR count). The number of likely N-dealkylation sites (tertiary alicyclic amines) is 1. The number of para-hydroxylation sites is 1. The number of ether oxygens (including phenoxy) is 1. The lowest BCUT2D eigenvalue weighted by Gasteiger charge is -2.30. The minimum Gasteiger partial charge on any atom is -0.491 e. The van der Waals surface area contributed by atoms with Crippen molar-refractivity contribution >= 4 is 0 Å². The molecule has 1 heterocycles. The van der Waals surface area contributed by atoms with E-state index in [4.69, 9.17) is 4.74 Å². The SMILES string of the molecule is CC(C)Oc1ccccc1CN[C@@H]1CCC[C@@H]1N1CCC(O)C1. The molecular formula is C19H30N2O2. The Morgan fingerprint density at radius 2 is 2.09 bits per heavy atom. The molecule has 1 unspecified atom stereocenters. The van der Waals surface area contributed by atoms with Gasteiger partial charge in [-0.05, 0) is 39.2 Å². The standard InChI is InChI=1S/C19H30N2O2/c1-14(2)23-19-9-4-3-6-15(19)12-20-17-7-5-8-18(17)21-11-10-16(22)13-21/h3-4,6,9,14,16-18,20,22H,5,7-8,10-13H2,1-2H3/t16?,17-,18+/m1/s1. The highest BCUT2D eigenvalue weighted by molar-refractivity contribution is 5.33. The third-order valence-electron chi connectivity index (χ3n) is 5.03. The van der Waals surface area contributed by atoms with Crippen molar-refractivity contribution in [3.8, 4) is 5.75 Å². The fraction of sp³-hybridized carbons (Fsp3) is 0.684. The van der Waals surface area contributed by atoms with E-state index in [1.165, 1.54) is 24.8 Å². The third-order valence-corrected chi connectivity index (χ3v) is 5.03. The van der Waals surface area contributed by atoms with Crippen molar-refractivity contribution in [1.82, 2.24) is 10.2 Å². The van der Waals surface area contributed by atoms with Crippen LogP contribution in [0.2, 0.25) is 0 Å². The minimum absolute atomic E-state index is 0.128. The van der Waals surface area contributed by atoms with Gasteiger partial charge in [-0.25, -0.2) is 0 Å². The van der Waals surface area contributed by atoms with Gasteiger partial charge >= 0.3 is 0 Å². The van der Waals surface area contributed by atoms with Gasteiger partial charge in [0.05, 0.1) is 12.2 Å². The average Bonchev–Trinajstić information content (AvgIpc) is 3.14. The first-order valence-electron chi connectivity index (χ1n) is 9.03. The number of nitrogens with one attached hydrogen (secondary N) is 1. The second kappa shape index (κ2) is 7.65. The van der Waals surface area contributed by atoms with E-state index in [-0.39, 0.29) is 12.2 Å². The second-order valence-electron chi connectivity index (χ2n) is 7.20. The Hall–Kier alpha value is -1.10. The summed E-state index contributed by atoms with van der Waals surface area (Å²) in [6.07, 6.45) is 4.74. The van der Waals surface area contributed by atoms with Crippen LogP contribution in [0, 0.1) is 0 Å². The fourth-order valence-corrected chi connectivity index (χ4v) is 3.94. The normalized spacial score (nSPS) is 28.6. The molecule has 1 saturated heterocycles. The summed E-state index contributed by atoms with van der Waals surface area (Å²) < 4.78 is 5.92. The van der Waals surface area contributed by atoms with E-state index in [0.29, 0.717) is 12.1 Å². The Labute approximate surface area is 139 Å². The lowest BCUT2D eigenvalue weighted by molar-refractivity contribution is 0.149. The number of hydrogen-bond donors (Lipinski definition) is 2. The first kappa shape index (κ1) is 16.7. The van der Waals surface area contributed by atoms with Crippen LogP contribution < -0.4 is 10.1 Å². The maximum atomic E-state index is 9.80. The molecule has 2 fully saturated rings. The first-order valence-corrected chi connectivity index (χ1v) is 9.03. The molecule has 2 N–H and O–H groups in total. The first-order chi connectivity index (χ1) is 11.1. The van der Waals surface area contributed by atoms with Gasteiger partial charge in [-0.3, -0.25) is 4.90 Å². The van der Waals surface area contributed by atoms with Gasteiger partial charge < -0.3 is 15.2 Å². The zero-order valence-electron chi connectivity index (χ0n) is 14.4. The molecule has 0 radical (unpaired) electrons. The maximum Gasteiger partial charge on any atom is 0.124 e. The van der Waals surface area contributed by atoms with Crippen LogP contribution in [0.4, 0.5) is 0 Å². The molecule has 128 valence electrons. The van der Waals surface area contributed by atoms with Crippen molar-refractivity contribution in [2.24, 2.45) is 0 Å². The van der Waals surface area contributed by atoms with Gasteiger partial charge in [0.2, 0.25) is 0 Å². The number of aliphatic hydroxyl groups is 1. The van der Waals surface area contributed by atoms with Gasteiger partial charge in [0.15, 0.2) is 0 Å². The van der Waals surface area contributed by atoms with E-state index >= 15 is 0 Å². The van der Waals surface area contributed by atoms with Crippen molar-refractivity contribution in [3.05, 3.63) is 29.8 Å². The summed E-state index contributed by atoms with van der Waals surface area (Å²) in [5.74, 6) is 0.987. The van der Waals surface area contributed by atoms with E-state index in [2.05, 4.69) is 42.3 Å². The van der Waals surface area contributed by atoms with Crippen LogP contribution in [0.5, 0.6) is 5.75 Å². The Morgan fingerprint density at radius 3 is 2.83 bits per heavy atom. The Morgan fingerprint density at radius 1 is 1.26 bits per heavy atom. The number of aliphatic hydroxyl groups excluding tert-OH is 1. The summed E-state index contributed by atoms with van der Waals surface area (Å²) >= 11 is 0. The van der Waals surface area contributed by atoms with E-state index in [0.717, 1.165) is 31.8 Å². The van der Waals surface area contributed by atoms with Crippen LogP contribution in [0.3, 0.4) is 0 Å². The molecule has 0 spiro atoms. The molecule has 0 bridgehead atoms. The van der Waals surface area contributed by atoms with Crippen molar-refractivity contribution in [2.45, 2.75) is 70.4 Å². The fourth-order valence-electron chi connectivity index (χ4n) is 3.94. The highest BCUT2D eigenvalue weighted by Crippen LogP contribution is 2.28. The molecule has 3 atom stereocenters. The van der Waals surface area contributed by atoms with E-state index in [9.17, 15) is 5.11 Å². The summed E-state index contributed by atoms with van der Waals surface area (Å²) in [4.78, 5) is 2.48. The van der Waals surface area contributed by atoms with Crippen LogP contribution in [-0.2, 0) is 6.54 Å². The molecule has 2 aliphatic rings. The zero-order chi connectivity index (χ0) is 16.2. The number of rotatable bonds is 6. The highest BCUT2D eigenvalue weighted by atomic mass is 16.5. The average molecular weight is 318 g/mol. The van der Waals surface area contributed by atoms with E-state index in [1.54, 1.807) is 0 Å². The summed E-state index contributed by atoms with van der Waals surface area (Å²) in [7, 11) is 0. The summed E-state index contributed by atoms with van der Waals surface area (Å²) in [5, 5.41) is 13.5. The third kappa shape index (κ3) is 4.25. The second-order valence-corrected chi connectivity index (χ2v) is 7.20. The van der Waals surface area contributed by atoms with Crippen LogP contribution in [0.15, 0.2) is 24.3 Å². The molecule has 0 amide bonds. The van der Waals surface area contributed by atoms with Crippen LogP contribution in [-0.4, -0.2) is 47.4 Å². The molecule has 1 saturated carbocycles. The van der Waals surface area contributed by atoms with Gasteiger partial charge in [-0.15, -0.1) is 0 Å². The van der Waals surface area contributed by atoms with Gasteiger partial charge in [-0.2, -0.15) is 0 Å². The van der Waals surface area contributed by atoms with Gasteiger partial charge in [0.25, 0.3) is 0 Å². The van der Waals surface area contributed by atoms with Crippen molar-refractivity contribution in [3.63, 3.8) is 0 Å².